The summed E-state index contributed by atoms with van der Waals surface area (Å²) in [6, 6.07) is 17.8. The van der Waals surface area contributed by atoms with Crippen molar-refractivity contribution in [2.24, 2.45) is 0 Å². The van der Waals surface area contributed by atoms with Crippen molar-refractivity contribution in [2.75, 3.05) is 17.5 Å². The highest BCUT2D eigenvalue weighted by Gasteiger charge is 2.32. The van der Waals surface area contributed by atoms with E-state index in [9.17, 15) is 18.0 Å². The van der Waals surface area contributed by atoms with E-state index in [0.29, 0.717) is 17.7 Å². The van der Waals surface area contributed by atoms with E-state index in [4.69, 9.17) is 16.3 Å². The second-order valence-corrected chi connectivity index (χ2v) is 10.3. The summed E-state index contributed by atoms with van der Waals surface area (Å²) in [6.07, 6.45) is 0.590. The number of hydrogen-bond donors (Lipinski definition) is 0. The number of para-hydroxylation sites is 1. The molecule has 0 bridgehead atoms. The summed E-state index contributed by atoms with van der Waals surface area (Å²) in [4.78, 5) is 24.6. The predicted octanol–water partition coefficient (Wildman–Crippen LogP) is 4.89. The summed E-state index contributed by atoms with van der Waals surface area (Å²) < 4.78 is 33.8. The Hall–Kier alpha value is -2.68. The molecule has 1 aliphatic rings. The van der Waals surface area contributed by atoms with Gasteiger partial charge in [0.1, 0.15) is 4.90 Å². The maximum Gasteiger partial charge on any atom is 0.338 e. The smallest absolute Gasteiger partial charge is 0.338 e. The van der Waals surface area contributed by atoms with Gasteiger partial charge in [-0.3, -0.25) is 9.10 Å². The van der Waals surface area contributed by atoms with Gasteiger partial charge < -0.3 is 4.74 Å². The molecule has 0 radical (unpaired) electrons. The summed E-state index contributed by atoms with van der Waals surface area (Å²) in [7, 11) is -3.99. The third-order valence-corrected chi connectivity index (χ3v) is 7.90. The molecule has 0 aromatic heterocycles. The molecule has 0 N–H and O–H groups in total. The van der Waals surface area contributed by atoms with Gasteiger partial charge >= 0.3 is 5.97 Å². The maximum atomic E-state index is 13.3. The Balaban J connectivity index is 1.54. The molecule has 0 fully saturated rings. The van der Waals surface area contributed by atoms with Gasteiger partial charge in [-0.2, -0.15) is 0 Å². The lowest BCUT2D eigenvalue weighted by molar-refractivity contribution is 0.0474. The van der Waals surface area contributed by atoms with Crippen LogP contribution in [0.3, 0.4) is 0 Å². The van der Waals surface area contributed by atoms with Crippen molar-refractivity contribution in [3.8, 4) is 0 Å². The van der Waals surface area contributed by atoms with Crippen molar-refractivity contribution in [3.05, 3.63) is 92.9 Å². The number of ketones is 1. The van der Waals surface area contributed by atoms with Gasteiger partial charge in [-0.15, -0.1) is 0 Å². The first-order valence-corrected chi connectivity index (χ1v) is 12.2. The van der Waals surface area contributed by atoms with Crippen LogP contribution in [-0.2, 0) is 21.2 Å². The molecule has 164 valence electrons. The van der Waals surface area contributed by atoms with Gasteiger partial charge in [0.15, 0.2) is 12.4 Å². The molecular formula is C23H17BrClNO5S. The molecule has 0 spiro atoms. The highest BCUT2D eigenvalue weighted by Crippen LogP contribution is 2.35. The topological polar surface area (TPSA) is 80.8 Å². The Morgan fingerprint density at radius 2 is 1.69 bits per heavy atom. The monoisotopic (exact) mass is 533 g/mol. The molecule has 32 heavy (non-hydrogen) atoms. The fourth-order valence-electron chi connectivity index (χ4n) is 3.44. The zero-order valence-electron chi connectivity index (χ0n) is 16.6. The minimum Gasteiger partial charge on any atom is -0.454 e. The molecule has 0 unspecified atom stereocenters. The third kappa shape index (κ3) is 4.44. The van der Waals surface area contributed by atoms with E-state index >= 15 is 0 Å². The van der Waals surface area contributed by atoms with Gasteiger partial charge in [-0.05, 0) is 48.4 Å². The van der Waals surface area contributed by atoms with E-state index in [-0.39, 0.29) is 27.8 Å². The van der Waals surface area contributed by atoms with E-state index < -0.39 is 22.6 Å². The van der Waals surface area contributed by atoms with Crippen LogP contribution in [0.5, 0.6) is 0 Å². The fourth-order valence-corrected chi connectivity index (χ4v) is 5.71. The number of ether oxygens (including phenoxy) is 1. The van der Waals surface area contributed by atoms with E-state index in [2.05, 4.69) is 15.9 Å². The van der Waals surface area contributed by atoms with Crippen LogP contribution in [0.2, 0.25) is 5.02 Å². The molecule has 0 amide bonds. The van der Waals surface area contributed by atoms with E-state index in [1.807, 2.05) is 12.1 Å². The largest absolute Gasteiger partial charge is 0.454 e. The SMILES string of the molecule is O=C(COC(=O)c1ccc(Cl)c(S(=O)(=O)N2CCc3ccccc32)c1)c1ccc(Br)cc1. The van der Waals surface area contributed by atoms with Crippen LogP contribution in [0.1, 0.15) is 26.3 Å². The van der Waals surface area contributed by atoms with Crippen molar-refractivity contribution in [1.82, 2.24) is 0 Å². The number of fused-ring (bicyclic) bond motifs is 1. The number of benzene rings is 3. The molecule has 0 aliphatic carbocycles. The molecule has 3 aromatic carbocycles. The number of rotatable bonds is 6. The molecule has 0 atom stereocenters. The standard InChI is InChI=1S/C23H17BrClNO5S/c24-18-8-5-16(6-9-18)21(27)14-31-23(28)17-7-10-19(25)22(13-17)32(29,30)26-12-11-15-3-1-2-4-20(15)26/h1-10,13H,11-12,14H2. The third-order valence-electron chi connectivity index (χ3n) is 5.08. The van der Waals surface area contributed by atoms with Crippen molar-refractivity contribution in [3.63, 3.8) is 0 Å². The Morgan fingerprint density at radius 1 is 1.00 bits per heavy atom. The van der Waals surface area contributed by atoms with Crippen LogP contribution in [-0.4, -0.2) is 33.3 Å². The normalized spacial score (nSPS) is 13.0. The summed E-state index contributed by atoms with van der Waals surface area (Å²) in [5.74, 6) is -1.19. The number of halogens is 2. The number of carbonyl (C=O) groups excluding carboxylic acids is 2. The number of anilines is 1. The molecule has 6 nitrogen and oxygen atoms in total. The number of nitrogens with zero attached hydrogens (tertiary/aromatic N) is 1. The minimum atomic E-state index is -3.99. The zero-order valence-corrected chi connectivity index (χ0v) is 19.8. The Kier molecular flexibility index (Phi) is 6.37. The second-order valence-electron chi connectivity index (χ2n) is 7.11. The minimum absolute atomic E-state index is 0.00290. The summed E-state index contributed by atoms with van der Waals surface area (Å²) in [5.41, 5.74) is 1.91. The lowest BCUT2D eigenvalue weighted by Gasteiger charge is -2.20. The first-order valence-electron chi connectivity index (χ1n) is 9.63. The van der Waals surface area contributed by atoms with Crippen LogP contribution in [0.25, 0.3) is 0 Å². The van der Waals surface area contributed by atoms with Gasteiger partial charge in [-0.1, -0.05) is 57.9 Å². The molecule has 1 aliphatic heterocycles. The number of sulfonamides is 1. The number of hydrogen-bond acceptors (Lipinski definition) is 5. The van der Waals surface area contributed by atoms with E-state index in [0.717, 1.165) is 10.0 Å². The van der Waals surface area contributed by atoms with Crippen molar-refractivity contribution >= 4 is 55.0 Å². The molecule has 1 heterocycles. The highest BCUT2D eigenvalue weighted by atomic mass is 79.9. The van der Waals surface area contributed by atoms with Crippen LogP contribution >= 0.6 is 27.5 Å². The summed E-state index contributed by atoms with van der Waals surface area (Å²) in [6.45, 7) is -0.181. The number of Topliss-reactive ketones (excluding diaryl/α,β-unsaturated/α-hetero) is 1. The average molecular weight is 535 g/mol. The molecule has 9 heteroatoms. The summed E-state index contributed by atoms with van der Waals surface area (Å²) in [5, 5.41) is -0.00290. The zero-order chi connectivity index (χ0) is 22.9. The fraction of sp³-hybridized carbons (Fsp3) is 0.130. The molecule has 0 saturated carbocycles. The van der Waals surface area contributed by atoms with Crippen molar-refractivity contribution < 1.29 is 22.7 Å². The maximum absolute atomic E-state index is 13.3. The quantitative estimate of drug-likeness (QED) is 0.332. The molecular weight excluding hydrogens is 518 g/mol. The van der Waals surface area contributed by atoms with Gasteiger partial charge in [-0.25, -0.2) is 13.2 Å². The molecule has 4 rings (SSSR count). The van der Waals surface area contributed by atoms with Crippen LogP contribution in [0.15, 0.2) is 76.1 Å². The highest BCUT2D eigenvalue weighted by molar-refractivity contribution is 9.10. The number of esters is 1. The number of carbonyl (C=O) groups is 2. The van der Waals surface area contributed by atoms with Gasteiger partial charge in [0.25, 0.3) is 10.0 Å². The van der Waals surface area contributed by atoms with E-state index in [1.165, 1.54) is 22.5 Å². The Labute approximate surface area is 198 Å². The summed E-state index contributed by atoms with van der Waals surface area (Å²) >= 11 is 9.48. The van der Waals surface area contributed by atoms with Gasteiger partial charge in [0.2, 0.25) is 0 Å². The first kappa shape index (κ1) is 22.5. The van der Waals surface area contributed by atoms with Crippen LogP contribution in [0.4, 0.5) is 5.69 Å². The van der Waals surface area contributed by atoms with Crippen molar-refractivity contribution in [2.45, 2.75) is 11.3 Å². The Morgan fingerprint density at radius 3 is 2.44 bits per heavy atom. The van der Waals surface area contributed by atoms with Gasteiger partial charge in [0, 0.05) is 16.6 Å². The molecule has 0 saturated heterocycles. The molecule has 3 aromatic rings. The second kappa shape index (κ2) is 9.05. The van der Waals surface area contributed by atoms with Crippen LogP contribution < -0.4 is 4.31 Å². The first-order chi connectivity index (χ1) is 15.3. The lowest BCUT2D eigenvalue weighted by atomic mass is 10.1. The van der Waals surface area contributed by atoms with Gasteiger partial charge in [0.05, 0.1) is 16.3 Å². The van der Waals surface area contributed by atoms with E-state index in [1.54, 1.807) is 36.4 Å². The average Bonchev–Trinajstić information content (AvgIpc) is 3.23. The van der Waals surface area contributed by atoms with Crippen molar-refractivity contribution in [1.29, 1.82) is 0 Å². The lowest BCUT2D eigenvalue weighted by Crippen LogP contribution is -2.29. The van der Waals surface area contributed by atoms with Crippen LogP contribution in [0, 0.1) is 0 Å². The Bertz CT molecular complexity index is 1310. The predicted molar refractivity (Wildman–Crippen MR) is 125 cm³/mol.